The SMILES string of the molecule is COCCOc1cc(CC2CN2Sc2ccc(C)cc2)ccc1Cl. The molecule has 2 unspecified atom stereocenters. The zero-order valence-corrected chi connectivity index (χ0v) is 15.6. The van der Waals surface area contributed by atoms with Crippen molar-refractivity contribution in [1.82, 2.24) is 4.31 Å². The van der Waals surface area contributed by atoms with Crippen LogP contribution >= 0.6 is 23.5 Å². The van der Waals surface area contributed by atoms with E-state index in [9.17, 15) is 0 Å². The Balaban J connectivity index is 1.53. The molecule has 2 aromatic rings. The monoisotopic (exact) mass is 363 g/mol. The summed E-state index contributed by atoms with van der Waals surface area (Å²) in [5.74, 6) is 0.740. The summed E-state index contributed by atoms with van der Waals surface area (Å²) in [6.07, 6.45) is 1.01. The number of hydrogen-bond acceptors (Lipinski definition) is 4. The molecule has 3 rings (SSSR count). The van der Waals surface area contributed by atoms with Crippen LogP contribution in [0.15, 0.2) is 47.4 Å². The normalized spacial score (nSPS) is 19.3. The Hall–Kier alpha value is -1.20. The molecule has 0 bridgehead atoms. The minimum absolute atomic E-state index is 0.512. The van der Waals surface area contributed by atoms with Gasteiger partial charge in [0.05, 0.1) is 11.6 Å². The second-order valence-corrected chi connectivity index (χ2v) is 7.50. The first kappa shape index (κ1) is 17.6. The van der Waals surface area contributed by atoms with Crippen LogP contribution in [0, 0.1) is 6.92 Å². The first-order chi connectivity index (χ1) is 11.7. The van der Waals surface area contributed by atoms with Crippen molar-refractivity contribution < 1.29 is 9.47 Å². The number of halogens is 1. The van der Waals surface area contributed by atoms with Crippen molar-refractivity contribution >= 4 is 23.5 Å². The number of benzene rings is 2. The first-order valence-corrected chi connectivity index (χ1v) is 9.22. The summed E-state index contributed by atoms with van der Waals surface area (Å²) in [7, 11) is 1.66. The van der Waals surface area contributed by atoms with Crippen LogP contribution in [0.3, 0.4) is 0 Å². The van der Waals surface area contributed by atoms with Gasteiger partial charge in [0, 0.05) is 24.6 Å². The van der Waals surface area contributed by atoms with E-state index in [1.165, 1.54) is 16.0 Å². The fourth-order valence-corrected chi connectivity index (χ4v) is 3.64. The number of rotatable bonds is 8. The molecule has 1 aliphatic heterocycles. The van der Waals surface area contributed by atoms with Crippen molar-refractivity contribution in [3.63, 3.8) is 0 Å². The Morgan fingerprint density at radius 2 is 1.96 bits per heavy atom. The molecule has 0 radical (unpaired) electrons. The van der Waals surface area contributed by atoms with Gasteiger partial charge in [0.2, 0.25) is 0 Å². The fourth-order valence-electron chi connectivity index (χ4n) is 2.47. The Morgan fingerprint density at radius 3 is 2.71 bits per heavy atom. The van der Waals surface area contributed by atoms with E-state index in [0.29, 0.717) is 24.3 Å². The number of aryl methyl sites for hydroxylation is 1. The van der Waals surface area contributed by atoms with Crippen molar-refractivity contribution in [2.75, 3.05) is 26.9 Å². The fraction of sp³-hybridized carbons (Fsp3) is 0.368. The molecule has 0 amide bonds. The highest BCUT2D eigenvalue weighted by molar-refractivity contribution is 7.97. The van der Waals surface area contributed by atoms with Crippen LogP contribution in [0.1, 0.15) is 11.1 Å². The van der Waals surface area contributed by atoms with Gasteiger partial charge in [0.25, 0.3) is 0 Å². The minimum Gasteiger partial charge on any atom is -0.490 e. The average molecular weight is 364 g/mol. The highest BCUT2D eigenvalue weighted by Gasteiger charge is 2.35. The van der Waals surface area contributed by atoms with Crippen molar-refractivity contribution in [1.29, 1.82) is 0 Å². The van der Waals surface area contributed by atoms with Crippen molar-refractivity contribution in [3.05, 3.63) is 58.6 Å². The highest BCUT2D eigenvalue weighted by atomic mass is 35.5. The van der Waals surface area contributed by atoms with Gasteiger partial charge >= 0.3 is 0 Å². The van der Waals surface area contributed by atoms with Crippen LogP contribution in [0.4, 0.5) is 0 Å². The maximum Gasteiger partial charge on any atom is 0.138 e. The molecule has 3 nitrogen and oxygen atoms in total. The summed E-state index contributed by atoms with van der Waals surface area (Å²) >= 11 is 8.03. The second-order valence-electron chi connectivity index (χ2n) is 5.97. The van der Waals surface area contributed by atoms with E-state index in [0.717, 1.165) is 18.7 Å². The van der Waals surface area contributed by atoms with Crippen molar-refractivity contribution in [3.8, 4) is 5.75 Å². The number of nitrogens with zero attached hydrogens (tertiary/aromatic N) is 1. The summed E-state index contributed by atoms with van der Waals surface area (Å²) < 4.78 is 13.1. The van der Waals surface area contributed by atoms with Crippen LogP contribution in [0.2, 0.25) is 5.02 Å². The van der Waals surface area contributed by atoms with Gasteiger partial charge in [-0.25, -0.2) is 4.31 Å². The van der Waals surface area contributed by atoms with E-state index in [-0.39, 0.29) is 0 Å². The zero-order valence-electron chi connectivity index (χ0n) is 14.0. The summed E-state index contributed by atoms with van der Waals surface area (Å²) in [4.78, 5) is 1.29. The Bertz CT molecular complexity index is 678. The summed E-state index contributed by atoms with van der Waals surface area (Å²) in [6, 6.07) is 15.3. The lowest BCUT2D eigenvalue weighted by molar-refractivity contribution is 0.146. The second kappa shape index (κ2) is 8.26. The lowest BCUT2D eigenvalue weighted by Crippen LogP contribution is -2.05. The molecule has 2 aromatic carbocycles. The van der Waals surface area contributed by atoms with Crippen LogP contribution in [-0.2, 0) is 11.2 Å². The molecule has 1 fully saturated rings. The predicted octanol–water partition coefficient (Wildman–Crippen LogP) is 4.61. The van der Waals surface area contributed by atoms with E-state index >= 15 is 0 Å². The summed E-state index contributed by atoms with van der Waals surface area (Å²) in [6.45, 7) is 4.30. The molecule has 0 aliphatic carbocycles. The van der Waals surface area contributed by atoms with Gasteiger partial charge in [0.15, 0.2) is 0 Å². The number of methoxy groups -OCH3 is 1. The number of hydrogen-bond donors (Lipinski definition) is 0. The largest absolute Gasteiger partial charge is 0.490 e. The Kier molecular flexibility index (Phi) is 6.06. The van der Waals surface area contributed by atoms with Crippen LogP contribution in [0.25, 0.3) is 0 Å². The molecule has 0 saturated carbocycles. The van der Waals surface area contributed by atoms with Gasteiger partial charge in [-0.2, -0.15) is 0 Å². The molecule has 5 heteroatoms. The van der Waals surface area contributed by atoms with Gasteiger partial charge in [0.1, 0.15) is 12.4 Å². The lowest BCUT2D eigenvalue weighted by Gasteiger charge is -2.10. The third-order valence-electron chi connectivity index (χ3n) is 3.92. The number of ether oxygens (including phenoxy) is 2. The smallest absolute Gasteiger partial charge is 0.138 e. The molecule has 0 N–H and O–H groups in total. The van der Waals surface area contributed by atoms with E-state index in [1.54, 1.807) is 7.11 Å². The van der Waals surface area contributed by atoms with Crippen LogP contribution in [-0.4, -0.2) is 37.2 Å². The molecular formula is C19H22ClNO2S. The van der Waals surface area contributed by atoms with E-state index in [1.807, 2.05) is 24.1 Å². The van der Waals surface area contributed by atoms with Gasteiger partial charge in [-0.05, 0) is 55.1 Å². The first-order valence-electron chi connectivity index (χ1n) is 8.07. The van der Waals surface area contributed by atoms with Crippen molar-refractivity contribution in [2.45, 2.75) is 24.3 Å². The summed E-state index contributed by atoms with van der Waals surface area (Å²) in [5, 5.41) is 0.650. The van der Waals surface area contributed by atoms with E-state index in [2.05, 4.69) is 41.6 Å². The zero-order chi connectivity index (χ0) is 16.9. The average Bonchev–Trinajstić information content (AvgIpc) is 3.30. The molecule has 24 heavy (non-hydrogen) atoms. The van der Waals surface area contributed by atoms with Gasteiger partial charge < -0.3 is 9.47 Å². The minimum atomic E-state index is 0.512. The molecule has 1 aliphatic rings. The molecule has 2 atom stereocenters. The quantitative estimate of drug-likeness (QED) is 0.388. The van der Waals surface area contributed by atoms with E-state index in [4.69, 9.17) is 21.1 Å². The lowest BCUT2D eigenvalue weighted by atomic mass is 10.1. The van der Waals surface area contributed by atoms with Gasteiger partial charge in [-0.3, -0.25) is 0 Å². The van der Waals surface area contributed by atoms with Crippen LogP contribution < -0.4 is 4.74 Å². The molecule has 128 valence electrons. The maximum absolute atomic E-state index is 6.20. The predicted molar refractivity (Wildman–Crippen MR) is 100 cm³/mol. The standard InChI is InChI=1S/C19H22ClNO2S/c1-14-3-6-17(7-4-14)24-21-13-16(21)11-15-5-8-18(20)19(12-15)23-10-9-22-2/h3-8,12,16H,9-11,13H2,1-2H3. The Labute approximate surface area is 153 Å². The van der Waals surface area contributed by atoms with Crippen molar-refractivity contribution in [2.24, 2.45) is 0 Å². The topological polar surface area (TPSA) is 21.5 Å². The highest BCUT2D eigenvalue weighted by Crippen LogP contribution is 2.36. The van der Waals surface area contributed by atoms with E-state index < -0.39 is 0 Å². The molecule has 1 heterocycles. The molecule has 1 saturated heterocycles. The Morgan fingerprint density at radius 1 is 1.17 bits per heavy atom. The third kappa shape index (κ3) is 4.90. The maximum atomic E-state index is 6.20. The molecular weight excluding hydrogens is 342 g/mol. The van der Waals surface area contributed by atoms with Gasteiger partial charge in [-0.1, -0.05) is 35.4 Å². The summed E-state index contributed by atoms with van der Waals surface area (Å²) in [5.41, 5.74) is 2.55. The molecule has 0 spiro atoms. The molecule has 0 aromatic heterocycles. The van der Waals surface area contributed by atoms with Crippen LogP contribution in [0.5, 0.6) is 5.75 Å². The third-order valence-corrected chi connectivity index (χ3v) is 5.40. The van der Waals surface area contributed by atoms with Gasteiger partial charge in [-0.15, -0.1) is 0 Å².